The molecule has 0 saturated carbocycles. The topological polar surface area (TPSA) is 29.4 Å². The van der Waals surface area contributed by atoms with Gasteiger partial charge in [-0.2, -0.15) is 0 Å². The fraction of sp³-hybridized carbons (Fsp3) is 0.273. The van der Waals surface area contributed by atoms with Crippen LogP contribution in [-0.4, -0.2) is 6.08 Å². The lowest BCUT2D eigenvalue weighted by Gasteiger charge is -1.97. The van der Waals surface area contributed by atoms with E-state index in [4.69, 9.17) is 0 Å². The van der Waals surface area contributed by atoms with Gasteiger partial charge in [0, 0.05) is 0 Å². The summed E-state index contributed by atoms with van der Waals surface area (Å²) in [6.07, 6.45) is 4.38. The highest BCUT2D eigenvalue weighted by molar-refractivity contribution is 5.33. The van der Waals surface area contributed by atoms with E-state index in [0.29, 0.717) is 0 Å². The second kappa shape index (κ2) is 6.15. The summed E-state index contributed by atoms with van der Waals surface area (Å²) >= 11 is 0. The van der Waals surface area contributed by atoms with Gasteiger partial charge in [-0.1, -0.05) is 30.3 Å². The van der Waals surface area contributed by atoms with Crippen LogP contribution in [0.5, 0.6) is 0 Å². The molecule has 0 aliphatic heterocycles. The zero-order valence-corrected chi connectivity index (χ0v) is 7.44. The van der Waals surface area contributed by atoms with Gasteiger partial charge in [0.25, 0.3) is 0 Å². The van der Waals surface area contributed by atoms with Crippen LogP contribution in [0, 0.1) is 6.54 Å². The van der Waals surface area contributed by atoms with Gasteiger partial charge in [-0.3, -0.25) is 0 Å². The molecule has 1 radical (unpaired) electrons. The molecular weight excluding hydrogens is 162 g/mol. The van der Waals surface area contributed by atoms with Gasteiger partial charge in [0.15, 0.2) is 0 Å². The number of aliphatic imine (C=N–C) groups is 1. The van der Waals surface area contributed by atoms with E-state index in [9.17, 15) is 4.79 Å². The van der Waals surface area contributed by atoms with Crippen LogP contribution in [-0.2, 0) is 11.2 Å². The molecule has 1 rings (SSSR count). The molecule has 0 saturated heterocycles. The standard InChI is InChI=1S/C11H12NO/c13-10-12-9-5-4-8-11-6-2-1-3-7-11/h1-3,6-7,9H,4-5,8H2. The van der Waals surface area contributed by atoms with Crippen molar-refractivity contribution >= 4 is 6.08 Å². The molecule has 67 valence electrons. The van der Waals surface area contributed by atoms with Gasteiger partial charge in [0.1, 0.15) is 0 Å². The Kier molecular flexibility index (Phi) is 4.58. The summed E-state index contributed by atoms with van der Waals surface area (Å²) < 4.78 is 0. The Bertz CT molecular complexity index is 275. The second-order valence-electron chi connectivity index (χ2n) is 2.78. The van der Waals surface area contributed by atoms with Gasteiger partial charge in [-0.05, 0) is 24.8 Å². The summed E-state index contributed by atoms with van der Waals surface area (Å²) in [6, 6.07) is 10.3. The number of benzene rings is 1. The molecule has 0 N–H and O–H groups in total. The number of aryl methyl sites for hydroxylation is 1. The van der Waals surface area contributed by atoms with Crippen LogP contribution in [0.4, 0.5) is 0 Å². The molecule has 0 amide bonds. The van der Waals surface area contributed by atoms with E-state index < -0.39 is 0 Å². The Hall–Kier alpha value is -1.40. The molecule has 0 aliphatic carbocycles. The summed E-state index contributed by atoms with van der Waals surface area (Å²) in [4.78, 5) is 13.1. The average Bonchev–Trinajstić information content (AvgIpc) is 2.19. The molecule has 1 aromatic carbocycles. The Morgan fingerprint density at radius 2 is 2.08 bits per heavy atom. The zero-order valence-electron chi connectivity index (χ0n) is 7.44. The molecule has 0 unspecified atom stereocenters. The average molecular weight is 174 g/mol. The summed E-state index contributed by atoms with van der Waals surface area (Å²) in [7, 11) is 0. The summed E-state index contributed by atoms with van der Waals surface area (Å²) in [6.45, 7) is 1.61. The van der Waals surface area contributed by atoms with Crippen molar-refractivity contribution in [2.45, 2.75) is 19.3 Å². The SMILES string of the molecule is O=C=N[CH]CCCc1ccccc1. The molecule has 0 bridgehead atoms. The highest BCUT2D eigenvalue weighted by Gasteiger charge is 1.91. The van der Waals surface area contributed by atoms with E-state index in [2.05, 4.69) is 17.1 Å². The van der Waals surface area contributed by atoms with Crippen molar-refractivity contribution in [1.82, 2.24) is 0 Å². The zero-order chi connectivity index (χ0) is 9.36. The third kappa shape index (κ3) is 4.24. The molecule has 0 aliphatic rings. The largest absolute Gasteiger partial charge is 0.235 e. The van der Waals surface area contributed by atoms with Gasteiger partial charge < -0.3 is 0 Å². The minimum absolute atomic E-state index is 0.837. The third-order valence-corrected chi connectivity index (χ3v) is 1.79. The van der Waals surface area contributed by atoms with Gasteiger partial charge in [0.2, 0.25) is 6.08 Å². The molecule has 0 aromatic heterocycles. The number of hydrogen-bond donors (Lipinski definition) is 0. The number of nitrogens with zero attached hydrogens (tertiary/aromatic N) is 1. The van der Waals surface area contributed by atoms with Crippen LogP contribution in [0.25, 0.3) is 0 Å². The lowest BCUT2D eigenvalue weighted by atomic mass is 10.1. The summed E-state index contributed by atoms with van der Waals surface area (Å²) in [5, 5.41) is 0. The first-order valence-corrected chi connectivity index (χ1v) is 4.36. The number of rotatable bonds is 5. The smallest absolute Gasteiger partial charge is 0.211 e. The monoisotopic (exact) mass is 174 g/mol. The van der Waals surface area contributed by atoms with Crippen molar-refractivity contribution in [3.8, 4) is 0 Å². The predicted octanol–water partition coefficient (Wildman–Crippen LogP) is 2.51. The quantitative estimate of drug-likeness (QED) is 0.383. The van der Waals surface area contributed by atoms with E-state index in [-0.39, 0.29) is 0 Å². The molecule has 0 spiro atoms. The lowest BCUT2D eigenvalue weighted by molar-refractivity contribution is 0.564. The van der Waals surface area contributed by atoms with E-state index >= 15 is 0 Å². The Morgan fingerprint density at radius 1 is 1.31 bits per heavy atom. The van der Waals surface area contributed by atoms with E-state index in [1.165, 1.54) is 11.6 Å². The minimum atomic E-state index is 0.837. The maximum atomic E-state index is 9.72. The molecule has 13 heavy (non-hydrogen) atoms. The van der Waals surface area contributed by atoms with Crippen molar-refractivity contribution in [3.05, 3.63) is 42.4 Å². The third-order valence-electron chi connectivity index (χ3n) is 1.79. The predicted molar refractivity (Wildman–Crippen MR) is 51.8 cm³/mol. The van der Waals surface area contributed by atoms with Crippen LogP contribution in [0.1, 0.15) is 18.4 Å². The summed E-state index contributed by atoms with van der Waals surface area (Å²) in [5.41, 5.74) is 1.32. The molecule has 2 nitrogen and oxygen atoms in total. The van der Waals surface area contributed by atoms with Crippen molar-refractivity contribution in [1.29, 1.82) is 0 Å². The second-order valence-corrected chi connectivity index (χ2v) is 2.78. The minimum Gasteiger partial charge on any atom is -0.211 e. The normalized spacial score (nSPS) is 9.23. The fourth-order valence-corrected chi connectivity index (χ4v) is 1.14. The molecule has 0 heterocycles. The van der Waals surface area contributed by atoms with Gasteiger partial charge >= 0.3 is 0 Å². The van der Waals surface area contributed by atoms with E-state index in [1.807, 2.05) is 18.2 Å². The Labute approximate surface area is 78.3 Å². The first-order valence-electron chi connectivity index (χ1n) is 4.36. The number of carbonyl (C=O) groups excluding carboxylic acids is 1. The van der Waals surface area contributed by atoms with Gasteiger partial charge in [-0.15, -0.1) is 0 Å². The highest BCUT2D eigenvalue weighted by Crippen LogP contribution is 2.05. The lowest BCUT2D eigenvalue weighted by Crippen LogP contribution is -1.84. The number of isocyanates is 1. The summed E-state index contributed by atoms with van der Waals surface area (Å²) in [5.74, 6) is 0. The Morgan fingerprint density at radius 3 is 2.77 bits per heavy atom. The van der Waals surface area contributed by atoms with Crippen molar-refractivity contribution in [2.75, 3.05) is 0 Å². The Balaban J connectivity index is 2.17. The highest BCUT2D eigenvalue weighted by atomic mass is 16.1. The molecule has 2 heteroatoms. The van der Waals surface area contributed by atoms with Crippen LogP contribution in [0.2, 0.25) is 0 Å². The molecule has 0 fully saturated rings. The van der Waals surface area contributed by atoms with Crippen LogP contribution >= 0.6 is 0 Å². The first kappa shape index (κ1) is 9.69. The van der Waals surface area contributed by atoms with Crippen LogP contribution in [0.3, 0.4) is 0 Å². The molecule has 0 atom stereocenters. The maximum Gasteiger partial charge on any atom is 0.235 e. The molecule has 1 aromatic rings. The van der Waals surface area contributed by atoms with Crippen molar-refractivity contribution < 1.29 is 4.79 Å². The van der Waals surface area contributed by atoms with Gasteiger partial charge in [0.05, 0.1) is 6.54 Å². The van der Waals surface area contributed by atoms with E-state index in [0.717, 1.165) is 19.3 Å². The van der Waals surface area contributed by atoms with Crippen LogP contribution < -0.4 is 0 Å². The number of hydrogen-bond acceptors (Lipinski definition) is 2. The van der Waals surface area contributed by atoms with Gasteiger partial charge in [-0.25, -0.2) is 9.79 Å². The van der Waals surface area contributed by atoms with Crippen molar-refractivity contribution in [2.24, 2.45) is 4.99 Å². The number of unbranched alkanes of at least 4 members (excludes halogenated alkanes) is 1. The van der Waals surface area contributed by atoms with Crippen LogP contribution in [0.15, 0.2) is 35.3 Å². The maximum absolute atomic E-state index is 9.72. The fourth-order valence-electron chi connectivity index (χ4n) is 1.14. The van der Waals surface area contributed by atoms with E-state index in [1.54, 1.807) is 6.54 Å². The molecular formula is C11H12NO. The first-order chi connectivity index (χ1) is 6.43. The van der Waals surface area contributed by atoms with Crippen molar-refractivity contribution in [3.63, 3.8) is 0 Å².